The van der Waals surface area contributed by atoms with Gasteiger partial charge in [-0.15, -0.1) is 0 Å². The Balaban J connectivity index is 2.23. The standard InChI is InChI=1S/C15H14F3NO2/c1-9(13-8-12(20)5-6-14(13)21)19-11-4-2-3-10(7-11)15(16,17)18/h2-9,19-21H,1H3. The first kappa shape index (κ1) is 15.0. The number of hydrogen-bond acceptors (Lipinski definition) is 3. The van der Waals surface area contributed by atoms with Crippen molar-refractivity contribution in [1.82, 2.24) is 0 Å². The number of halogens is 3. The number of hydrogen-bond donors (Lipinski definition) is 3. The van der Waals surface area contributed by atoms with Gasteiger partial charge in [-0.25, -0.2) is 0 Å². The molecule has 2 rings (SSSR count). The fourth-order valence-electron chi connectivity index (χ4n) is 2.00. The molecule has 112 valence electrons. The van der Waals surface area contributed by atoms with E-state index in [1.807, 2.05) is 0 Å². The molecule has 0 radical (unpaired) electrons. The maximum atomic E-state index is 12.6. The quantitative estimate of drug-likeness (QED) is 0.741. The minimum atomic E-state index is -4.41. The van der Waals surface area contributed by atoms with Gasteiger partial charge in [-0.05, 0) is 43.3 Å². The van der Waals surface area contributed by atoms with Gasteiger partial charge in [0.25, 0.3) is 0 Å². The maximum Gasteiger partial charge on any atom is 0.416 e. The van der Waals surface area contributed by atoms with Crippen LogP contribution in [0.5, 0.6) is 11.5 Å². The van der Waals surface area contributed by atoms with Gasteiger partial charge < -0.3 is 15.5 Å². The number of phenols is 2. The van der Waals surface area contributed by atoms with Crippen LogP contribution in [0, 0.1) is 0 Å². The van der Waals surface area contributed by atoms with Crippen molar-refractivity contribution < 1.29 is 23.4 Å². The molecule has 0 amide bonds. The first-order valence-electron chi connectivity index (χ1n) is 6.23. The maximum absolute atomic E-state index is 12.6. The lowest BCUT2D eigenvalue weighted by Gasteiger charge is -2.18. The summed E-state index contributed by atoms with van der Waals surface area (Å²) in [5.74, 6) is -0.0692. The summed E-state index contributed by atoms with van der Waals surface area (Å²) in [7, 11) is 0. The third-order valence-electron chi connectivity index (χ3n) is 3.05. The second-order valence-electron chi connectivity index (χ2n) is 4.69. The van der Waals surface area contributed by atoms with Crippen molar-refractivity contribution in [1.29, 1.82) is 0 Å². The van der Waals surface area contributed by atoms with Crippen molar-refractivity contribution in [2.75, 3.05) is 5.32 Å². The molecule has 6 heteroatoms. The number of nitrogens with one attached hydrogen (secondary N) is 1. The van der Waals surface area contributed by atoms with Gasteiger partial charge in [0.05, 0.1) is 11.6 Å². The van der Waals surface area contributed by atoms with E-state index < -0.39 is 17.8 Å². The Hall–Kier alpha value is -2.37. The van der Waals surface area contributed by atoms with Crippen molar-refractivity contribution in [3.8, 4) is 11.5 Å². The minimum absolute atomic E-state index is 0.0273. The molecule has 21 heavy (non-hydrogen) atoms. The van der Waals surface area contributed by atoms with Gasteiger partial charge in [0, 0.05) is 11.3 Å². The van der Waals surface area contributed by atoms with E-state index in [0.717, 1.165) is 12.1 Å². The first-order valence-corrected chi connectivity index (χ1v) is 6.23. The molecule has 2 aromatic carbocycles. The number of benzene rings is 2. The number of rotatable bonds is 3. The highest BCUT2D eigenvalue weighted by Crippen LogP contribution is 2.33. The van der Waals surface area contributed by atoms with Gasteiger partial charge in [0.1, 0.15) is 11.5 Å². The van der Waals surface area contributed by atoms with Crippen LogP contribution in [0.2, 0.25) is 0 Å². The van der Waals surface area contributed by atoms with Crippen molar-refractivity contribution in [2.45, 2.75) is 19.1 Å². The van der Waals surface area contributed by atoms with E-state index in [-0.39, 0.29) is 17.2 Å². The summed E-state index contributed by atoms with van der Waals surface area (Å²) < 4.78 is 37.9. The van der Waals surface area contributed by atoms with E-state index in [1.54, 1.807) is 6.92 Å². The van der Waals surface area contributed by atoms with Crippen molar-refractivity contribution in [3.05, 3.63) is 53.6 Å². The molecule has 0 saturated heterocycles. The number of alkyl halides is 3. The Morgan fingerprint density at radius 3 is 2.43 bits per heavy atom. The van der Waals surface area contributed by atoms with Gasteiger partial charge in [-0.3, -0.25) is 0 Å². The molecule has 1 unspecified atom stereocenters. The lowest BCUT2D eigenvalue weighted by molar-refractivity contribution is -0.137. The lowest BCUT2D eigenvalue weighted by atomic mass is 10.1. The fourth-order valence-corrected chi connectivity index (χ4v) is 2.00. The van der Waals surface area contributed by atoms with Crippen molar-refractivity contribution in [2.24, 2.45) is 0 Å². The summed E-state index contributed by atoms with van der Waals surface area (Å²) in [5.41, 5.74) is -0.0766. The SMILES string of the molecule is CC(Nc1cccc(C(F)(F)F)c1)c1cc(O)ccc1O. The lowest BCUT2D eigenvalue weighted by Crippen LogP contribution is -2.09. The zero-order valence-electron chi connectivity index (χ0n) is 11.1. The predicted octanol–water partition coefficient (Wildman–Crippen LogP) is 4.29. The zero-order valence-corrected chi connectivity index (χ0v) is 11.1. The number of anilines is 1. The molecule has 0 heterocycles. The van der Waals surface area contributed by atoms with Crippen molar-refractivity contribution in [3.63, 3.8) is 0 Å². The average molecular weight is 297 g/mol. The van der Waals surface area contributed by atoms with Crippen LogP contribution in [-0.2, 0) is 6.18 Å². The van der Waals surface area contributed by atoms with E-state index in [0.29, 0.717) is 5.56 Å². The molecule has 0 saturated carbocycles. The molecule has 3 nitrogen and oxygen atoms in total. The summed E-state index contributed by atoms with van der Waals surface area (Å²) in [6.45, 7) is 1.68. The Kier molecular flexibility index (Phi) is 3.97. The highest BCUT2D eigenvalue weighted by Gasteiger charge is 2.30. The van der Waals surface area contributed by atoms with Crippen molar-refractivity contribution >= 4 is 5.69 Å². The second-order valence-corrected chi connectivity index (χ2v) is 4.69. The molecular weight excluding hydrogens is 283 g/mol. The van der Waals surface area contributed by atoms with E-state index in [4.69, 9.17) is 0 Å². The van der Waals surface area contributed by atoms with Crippen LogP contribution >= 0.6 is 0 Å². The average Bonchev–Trinajstić information content (AvgIpc) is 2.41. The summed E-state index contributed by atoms with van der Waals surface area (Å²) in [6, 6.07) is 8.34. The third-order valence-corrected chi connectivity index (χ3v) is 3.05. The Bertz CT molecular complexity index is 641. The van der Waals surface area contributed by atoms with Crippen LogP contribution in [-0.4, -0.2) is 10.2 Å². The van der Waals surface area contributed by atoms with Gasteiger partial charge >= 0.3 is 6.18 Å². The molecule has 2 aromatic rings. The summed E-state index contributed by atoms with van der Waals surface area (Å²) in [5, 5.41) is 22.0. The van der Waals surface area contributed by atoms with E-state index in [2.05, 4.69) is 5.32 Å². The van der Waals surface area contributed by atoms with Crippen LogP contribution in [0.3, 0.4) is 0 Å². The molecule has 0 aromatic heterocycles. The Labute approximate surface area is 119 Å². The topological polar surface area (TPSA) is 52.5 Å². The second kappa shape index (κ2) is 5.55. The smallest absolute Gasteiger partial charge is 0.416 e. The highest BCUT2D eigenvalue weighted by molar-refractivity contribution is 5.50. The number of phenolic OH excluding ortho intramolecular Hbond substituents is 2. The van der Waals surface area contributed by atoms with Gasteiger partial charge in [-0.1, -0.05) is 6.07 Å². The van der Waals surface area contributed by atoms with Gasteiger partial charge in [0.2, 0.25) is 0 Å². The minimum Gasteiger partial charge on any atom is -0.508 e. The van der Waals surface area contributed by atoms with Crippen LogP contribution in [0.1, 0.15) is 24.1 Å². The Morgan fingerprint density at radius 1 is 1.05 bits per heavy atom. The molecular formula is C15H14F3NO2. The van der Waals surface area contributed by atoms with Crippen LogP contribution < -0.4 is 5.32 Å². The van der Waals surface area contributed by atoms with Gasteiger partial charge in [0.15, 0.2) is 0 Å². The van der Waals surface area contributed by atoms with E-state index in [1.165, 1.54) is 30.3 Å². The Morgan fingerprint density at radius 2 is 1.76 bits per heavy atom. The van der Waals surface area contributed by atoms with Crippen LogP contribution in [0.4, 0.5) is 18.9 Å². The summed E-state index contributed by atoms with van der Waals surface area (Å²) in [4.78, 5) is 0. The predicted molar refractivity (Wildman–Crippen MR) is 73.3 cm³/mol. The monoisotopic (exact) mass is 297 g/mol. The molecule has 0 aliphatic heterocycles. The first-order chi connectivity index (χ1) is 9.77. The highest BCUT2D eigenvalue weighted by atomic mass is 19.4. The largest absolute Gasteiger partial charge is 0.508 e. The molecule has 0 aliphatic carbocycles. The molecule has 1 atom stereocenters. The summed E-state index contributed by atoms with van der Waals surface area (Å²) in [6.07, 6.45) is -4.41. The number of aromatic hydroxyl groups is 2. The molecule has 0 bridgehead atoms. The van der Waals surface area contributed by atoms with Crippen LogP contribution in [0.25, 0.3) is 0 Å². The molecule has 0 aliphatic rings. The molecule has 0 spiro atoms. The fraction of sp³-hybridized carbons (Fsp3) is 0.200. The molecule has 0 fully saturated rings. The zero-order chi connectivity index (χ0) is 15.6. The van der Waals surface area contributed by atoms with E-state index in [9.17, 15) is 23.4 Å². The normalized spacial score (nSPS) is 13.0. The summed E-state index contributed by atoms with van der Waals surface area (Å²) >= 11 is 0. The molecule has 3 N–H and O–H groups in total. The third kappa shape index (κ3) is 3.59. The van der Waals surface area contributed by atoms with E-state index >= 15 is 0 Å². The van der Waals surface area contributed by atoms with Gasteiger partial charge in [-0.2, -0.15) is 13.2 Å². The van der Waals surface area contributed by atoms with Crippen LogP contribution in [0.15, 0.2) is 42.5 Å².